The zero-order valence-corrected chi connectivity index (χ0v) is 8.33. The van der Waals surface area contributed by atoms with Gasteiger partial charge in [-0.3, -0.25) is 9.59 Å². The molecule has 1 amide bonds. The van der Waals surface area contributed by atoms with Crippen molar-refractivity contribution in [1.29, 1.82) is 0 Å². The van der Waals surface area contributed by atoms with Crippen LogP contribution >= 0.6 is 0 Å². The van der Waals surface area contributed by atoms with Gasteiger partial charge < -0.3 is 10.4 Å². The van der Waals surface area contributed by atoms with Crippen molar-refractivity contribution in [2.24, 2.45) is 5.92 Å². The van der Waals surface area contributed by atoms with Crippen LogP contribution in [0.5, 0.6) is 0 Å². The third-order valence-corrected chi connectivity index (χ3v) is 2.09. The molecular weight excluding hydrogens is 170 g/mol. The number of carboxylic acid groups (broad SMARTS) is 1. The Morgan fingerprint density at radius 1 is 1.31 bits per heavy atom. The van der Waals surface area contributed by atoms with Gasteiger partial charge in [0.1, 0.15) is 6.04 Å². The van der Waals surface area contributed by atoms with Crippen molar-refractivity contribution < 1.29 is 14.7 Å². The van der Waals surface area contributed by atoms with Crippen molar-refractivity contribution in [3.05, 3.63) is 0 Å². The second-order valence-electron chi connectivity index (χ2n) is 3.08. The van der Waals surface area contributed by atoms with E-state index in [1.807, 2.05) is 13.8 Å². The summed E-state index contributed by atoms with van der Waals surface area (Å²) in [4.78, 5) is 21.8. The van der Waals surface area contributed by atoms with Gasteiger partial charge in [0.15, 0.2) is 0 Å². The molecule has 76 valence electrons. The molecule has 0 rings (SSSR count). The highest BCUT2D eigenvalue weighted by Crippen LogP contribution is 2.07. The molecule has 0 aliphatic carbocycles. The molecule has 0 fully saturated rings. The first-order valence-corrected chi connectivity index (χ1v) is 4.56. The van der Waals surface area contributed by atoms with Crippen molar-refractivity contribution in [1.82, 2.24) is 5.32 Å². The highest BCUT2D eigenvalue weighted by atomic mass is 16.4. The van der Waals surface area contributed by atoms with Crippen molar-refractivity contribution in [3.8, 4) is 0 Å². The highest BCUT2D eigenvalue weighted by Gasteiger charge is 2.19. The van der Waals surface area contributed by atoms with Gasteiger partial charge in [-0.1, -0.05) is 13.8 Å². The van der Waals surface area contributed by atoms with Crippen LogP contribution in [-0.2, 0) is 9.59 Å². The number of aliphatic carboxylic acids is 1. The predicted octanol–water partition coefficient (Wildman–Crippen LogP) is 1.01. The number of hydrogen-bond acceptors (Lipinski definition) is 2. The molecule has 0 aromatic carbocycles. The molecule has 0 aromatic heterocycles. The van der Waals surface area contributed by atoms with Gasteiger partial charge in [0.2, 0.25) is 5.91 Å². The first-order valence-electron chi connectivity index (χ1n) is 4.56. The molecule has 1 atom stereocenters. The lowest BCUT2D eigenvalue weighted by Crippen LogP contribution is -2.41. The number of hydrogen-bond donors (Lipinski definition) is 2. The quantitative estimate of drug-likeness (QED) is 0.675. The molecule has 4 heteroatoms. The minimum absolute atomic E-state index is 0.0678. The maximum Gasteiger partial charge on any atom is 0.325 e. The van der Waals surface area contributed by atoms with Crippen LogP contribution in [0.1, 0.15) is 33.6 Å². The fraction of sp³-hybridized carbons (Fsp3) is 0.778. The maximum atomic E-state index is 11.3. The van der Waals surface area contributed by atoms with E-state index in [2.05, 4.69) is 5.32 Å². The predicted molar refractivity (Wildman–Crippen MR) is 49.3 cm³/mol. The Bertz CT molecular complexity index is 187. The first-order chi connectivity index (χ1) is 6.02. The number of rotatable bonds is 5. The standard InChI is InChI=1S/C9H17NO3/c1-4-7(5-2)8(11)10-6(3)9(12)13/h6-7H,4-5H2,1-3H3,(H,10,11)(H,12,13)/t6-/m1/s1. The monoisotopic (exact) mass is 187 g/mol. The number of carbonyl (C=O) groups excluding carboxylic acids is 1. The summed E-state index contributed by atoms with van der Waals surface area (Å²) in [6.45, 7) is 5.29. The maximum absolute atomic E-state index is 11.3. The Hall–Kier alpha value is -1.06. The lowest BCUT2D eigenvalue weighted by Gasteiger charge is -2.15. The Kier molecular flexibility index (Phi) is 5.11. The molecule has 13 heavy (non-hydrogen) atoms. The topological polar surface area (TPSA) is 66.4 Å². The normalized spacial score (nSPS) is 12.6. The lowest BCUT2D eigenvalue weighted by molar-refractivity contribution is -0.142. The molecular formula is C9H17NO3. The number of carboxylic acids is 1. The van der Waals surface area contributed by atoms with Crippen molar-refractivity contribution in [2.45, 2.75) is 39.7 Å². The zero-order chi connectivity index (χ0) is 10.4. The molecule has 0 heterocycles. The van der Waals surface area contributed by atoms with E-state index in [1.165, 1.54) is 6.92 Å². The molecule has 0 spiro atoms. The van der Waals surface area contributed by atoms with Gasteiger partial charge in [0.05, 0.1) is 0 Å². The average Bonchev–Trinajstić information content (AvgIpc) is 2.06. The molecule has 0 aliphatic rings. The first kappa shape index (κ1) is 11.9. The van der Waals surface area contributed by atoms with Crippen molar-refractivity contribution >= 4 is 11.9 Å². The molecule has 0 saturated heterocycles. The molecule has 0 aliphatic heterocycles. The lowest BCUT2D eigenvalue weighted by atomic mass is 10.0. The van der Waals surface area contributed by atoms with Crippen molar-refractivity contribution in [3.63, 3.8) is 0 Å². The summed E-state index contributed by atoms with van der Waals surface area (Å²) >= 11 is 0. The second-order valence-corrected chi connectivity index (χ2v) is 3.08. The summed E-state index contributed by atoms with van der Waals surface area (Å²) in [6.07, 6.45) is 1.49. The van der Waals surface area contributed by atoms with E-state index in [-0.39, 0.29) is 11.8 Å². The summed E-state index contributed by atoms with van der Waals surface area (Å²) < 4.78 is 0. The molecule has 4 nitrogen and oxygen atoms in total. The van der Waals surface area contributed by atoms with Gasteiger partial charge in [0.25, 0.3) is 0 Å². The van der Waals surface area contributed by atoms with E-state index >= 15 is 0 Å². The van der Waals surface area contributed by atoms with E-state index in [9.17, 15) is 9.59 Å². The number of amides is 1. The molecule has 0 saturated carbocycles. The van der Waals surface area contributed by atoms with E-state index in [0.717, 1.165) is 12.8 Å². The molecule has 0 unspecified atom stereocenters. The summed E-state index contributed by atoms with van der Waals surface area (Å²) in [6, 6.07) is -0.798. The Morgan fingerprint density at radius 2 is 1.77 bits per heavy atom. The van der Waals surface area contributed by atoms with E-state index in [0.29, 0.717) is 0 Å². The average molecular weight is 187 g/mol. The molecule has 2 N–H and O–H groups in total. The Morgan fingerprint density at radius 3 is 2.08 bits per heavy atom. The van der Waals surface area contributed by atoms with Crippen LogP contribution in [0.2, 0.25) is 0 Å². The van der Waals surface area contributed by atoms with Crippen LogP contribution in [-0.4, -0.2) is 23.0 Å². The highest BCUT2D eigenvalue weighted by molar-refractivity contribution is 5.84. The van der Waals surface area contributed by atoms with Gasteiger partial charge in [-0.05, 0) is 19.8 Å². The van der Waals surface area contributed by atoms with Gasteiger partial charge in [-0.15, -0.1) is 0 Å². The largest absolute Gasteiger partial charge is 0.480 e. The van der Waals surface area contributed by atoms with Crippen LogP contribution in [0.15, 0.2) is 0 Å². The zero-order valence-electron chi connectivity index (χ0n) is 8.33. The van der Waals surface area contributed by atoms with E-state index in [1.54, 1.807) is 0 Å². The number of nitrogens with one attached hydrogen (secondary N) is 1. The summed E-state index contributed by atoms with van der Waals surface area (Å²) in [7, 11) is 0. The van der Waals surface area contributed by atoms with Crippen LogP contribution in [0.3, 0.4) is 0 Å². The SMILES string of the molecule is CCC(CC)C(=O)N[C@H](C)C(=O)O. The third kappa shape index (κ3) is 3.92. The summed E-state index contributed by atoms with van der Waals surface area (Å²) in [5.41, 5.74) is 0. The fourth-order valence-corrected chi connectivity index (χ4v) is 1.05. The summed E-state index contributed by atoms with van der Waals surface area (Å²) in [5.74, 6) is -1.24. The van der Waals surface area contributed by atoms with Gasteiger partial charge in [0, 0.05) is 5.92 Å². The molecule has 0 aromatic rings. The molecule has 0 bridgehead atoms. The van der Waals surface area contributed by atoms with Gasteiger partial charge >= 0.3 is 5.97 Å². The Labute approximate surface area is 78.3 Å². The van der Waals surface area contributed by atoms with E-state index < -0.39 is 12.0 Å². The minimum Gasteiger partial charge on any atom is -0.480 e. The smallest absolute Gasteiger partial charge is 0.325 e. The fourth-order valence-electron chi connectivity index (χ4n) is 1.05. The van der Waals surface area contributed by atoms with Crippen LogP contribution in [0.25, 0.3) is 0 Å². The van der Waals surface area contributed by atoms with Crippen LogP contribution < -0.4 is 5.32 Å². The van der Waals surface area contributed by atoms with Gasteiger partial charge in [-0.2, -0.15) is 0 Å². The third-order valence-electron chi connectivity index (χ3n) is 2.09. The van der Waals surface area contributed by atoms with Gasteiger partial charge in [-0.25, -0.2) is 0 Å². The second kappa shape index (κ2) is 5.56. The molecule has 0 radical (unpaired) electrons. The number of carbonyl (C=O) groups is 2. The van der Waals surface area contributed by atoms with Crippen molar-refractivity contribution in [2.75, 3.05) is 0 Å². The van der Waals surface area contributed by atoms with Crippen LogP contribution in [0, 0.1) is 5.92 Å². The minimum atomic E-state index is -1.00. The van der Waals surface area contributed by atoms with Crippen LogP contribution in [0.4, 0.5) is 0 Å². The summed E-state index contributed by atoms with van der Waals surface area (Å²) in [5, 5.41) is 11.0. The van der Waals surface area contributed by atoms with E-state index in [4.69, 9.17) is 5.11 Å². The Balaban J connectivity index is 4.05.